The second-order valence-electron chi connectivity index (χ2n) is 5.70. The van der Waals surface area contributed by atoms with E-state index in [9.17, 15) is 0 Å². The average molecular weight is 260 g/mol. The lowest BCUT2D eigenvalue weighted by molar-refractivity contribution is 0.130. The molecule has 1 fully saturated rings. The normalized spacial score (nSPS) is 21.7. The van der Waals surface area contributed by atoms with Crippen LogP contribution in [0.2, 0.25) is 0 Å². The lowest BCUT2D eigenvalue weighted by atomic mass is 10.2. The van der Waals surface area contributed by atoms with Gasteiger partial charge in [-0.25, -0.2) is 0 Å². The molecule has 1 unspecified atom stereocenters. The molecule has 3 heteroatoms. The van der Waals surface area contributed by atoms with Crippen LogP contribution in [0, 0.1) is 0 Å². The summed E-state index contributed by atoms with van der Waals surface area (Å²) in [6.45, 7) is 5.47. The number of nitrogens with zero attached hydrogens (tertiary/aromatic N) is 1. The van der Waals surface area contributed by atoms with E-state index in [0.717, 1.165) is 30.6 Å². The molecule has 3 rings (SSSR count). The predicted octanol–water partition coefficient (Wildman–Crippen LogP) is 3.12. The average Bonchev–Trinajstić information content (AvgIpc) is 3.28. The first-order valence-electron chi connectivity index (χ1n) is 7.60. The molecule has 1 aromatic rings. The first-order chi connectivity index (χ1) is 9.36. The molecular formula is C16H24N2O. The van der Waals surface area contributed by atoms with Crippen molar-refractivity contribution in [2.45, 2.75) is 44.8 Å². The Bertz CT molecular complexity index is 417. The van der Waals surface area contributed by atoms with Gasteiger partial charge in [0.25, 0.3) is 0 Å². The van der Waals surface area contributed by atoms with E-state index in [0.29, 0.717) is 0 Å². The second kappa shape index (κ2) is 5.83. The van der Waals surface area contributed by atoms with Crippen molar-refractivity contribution in [3.63, 3.8) is 0 Å². The minimum absolute atomic E-state index is 0.285. The Kier molecular flexibility index (Phi) is 3.92. The quantitative estimate of drug-likeness (QED) is 0.850. The van der Waals surface area contributed by atoms with Crippen LogP contribution in [0.25, 0.3) is 0 Å². The van der Waals surface area contributed by atoms with E-state index in [1.165, 1.54) is 32.2 Å². The fourth-order valence-electron chi connectivity index (χ4n) is 2.75. The van der Waals surface area contributed by atoms with Crippen molar-refractivity contribution in [2.75, 3.05) is 25.0 Å². The maximum atomic E-state index is 6.12. The second-order valence-corrected chi connectivity index (χ2v) is 5.70. The SMILES string of the molecule is CCCCN(CC1CNc2ccccc2O1)C1CC1. The van der Waals surface area contributed by atoms with Gasteiger partial charge >= 0.3 is 0 Å². The van der Waals surface area contributed by atoms with Gasteiger partial charge in [-0.05, 0) is 37.9 Å². The van der Waals surface area contributed by atoms with Gasteiger partial charge in [0.15, 0.2) is 0 Å². The first-order valence-corrected chi connectivity index (χ1v) is 7.60. The van der Waals surface area contributed by atoms with Crippen molar-refractivity contribution < 1.29 is 4.74 Å². The van der Waals surface area contributed by atoms with E-state index in [2.05, 4.69) is 29.3 Å². The van der Waals surface area contributed by atoms with Crippen LogP contribution in [0.1, 0.15) is 32.6 Å². The predicted molar refractivity (Wildman–Crippen MR) is 78.9 cm³/mol. The summed E-state index contributed by atoms with van der Waals surface area (Å²) in [5.41, 5.74) is 1.13. The number of hydrogen-bond donors (Lipinski definition) is 1. The zero-order valence-electron chi connectivity index (χ0n) is 11.8. The third kappa shape index (κ3) is 3.21. The van der Waals surface area contributed by atoms with Crippen molar-refractivity contribution in [3.8, 4) is 5.75 Å². The molecule has 0 amide bonds. The van der Waals surface area contributed by atoms with E-state index in [1.54, 1.807) is 0 Å². The molecule has 2 aliphatic rings. The highest BCUT2D eigenvalue weighted by molar-refractivity contribution is 5.57. The van der Waals surface area contributed by atoms with Gasteiger partial charge < -0.3 is 10.1 Å². The van der Waals surface area contributed by atoms with Crippen LogP contribution >= 0.6 is 0 Å². The van der Waals surface area contributed by atoms with Gasteiger partial charge in [-0.15, -0.1) is 0 Å². The smallest absolute Gasteiger partial charge is 0.142 e. The highest BCUT2D eigenvalue weighted by Crippen LogP contribution is 2.31. The number of nitrogens with one attached hydrogen (secondary N) is 1. The molecule has 0 aromatic heterocycles. The van der Waals surface area contributed by atoms with Crippen LogP contribution in [0.4, 0.5) is 5.69 Å². The van der Waals surface area contributed by atoms with E-state index >= 15 is 0 Å². The minimum atomic E-state index is 0.285. The number of rotatable bonds is 6. The van der Waals surface area contributed by atoms with Gasteiger partial charge in [0.1, 0.15) is 11.9 Å². The third-order valence-electron chi connectivity index (χ3n) is 4.00. The summed E-state index contributed by atoms with van der Waals surface area (Å²) in [6.07, 6.45) is 5.61. The molecule has 0 saturated heterocycles. The van der Waals surface area contributed by atoms with Gasteiger partial charge in [0.2, 0.25) is 0 Å². The van der Waals surface area contributed by atoms with Crippen LogP contribution in [0.3, 0.4) is 0 Å². The molecule has 1 aliphatic heterocycles. The molecule has 0 radical (unpaired) electrons. The lowest BCUT2D eigenvalue weighted by Crippen LogP contribution is -2.43. The highest BCUT2D eigenvalue weighted by atomic mass is 16.5. The Hall–Kier alpha value is -1.22. The van der Waals surface area contributed by atoms with Crippen LogP contribution in [0.5, 0.6) is 5.75 Å². The summed E-state index contributed by atoms with van der Waals surface area (Å²) in [4.78, 5) is 2.63. The Morgan fingerprint density at radius 1 is 1.32 bits per heavy atom. The highest BCUT2D eigenvalue weighted by Gasteiger charge is 2.31. The summed E-state index contributed by atoms with van der Waals surface area (Å²) in [7, 11) is 0. The number of benzene rings is 1. The van der Waals surface area contributed by atoms with Gasteiger partial charge in [0, 0.05) is 12.6 Å². The minimum Gasteiger partial charge on any atom is -0.485 e. The topological polar surface area (TPSA) is 24.5 Å². The molecule has 0 bridgehead atoms. The fraction of sp³-hybridized carbons (Fsp3) is 0.625. The number of hydrogen-bond acceptors (Lipinski definition) is 3. The molecule has 1 saturated carbocycles. The Morgan fingerprint density at radius 2 is 2.16 bits per heavy atom. The summed E-state index contributed by atoms with van der Waals surface area (Å²) in [5.74, 6) is 1.00. The van der Waals surface area contributed by atoms with Gasteiger partial charge in [-0.2, -0.15) is 0 Å². The van der Waals surface area contributed by atoms with E-state index in [-0.39, 0.29) is 6.10 Å². The molecule has 1 atom stereocenters. The molecule has 0 spiro atoms. The number of anilines is 1. The van der Waals surface area contributed by atoms with Crippen molar-refractivity contribution in [3.05, 3.63) is 24.3 Å². The largest absolute Gasteiger partial charge is 0.485 e. The van der Waals surface area contributed by atoms with E-state index in [1.807, 2.05) is 12.1 Å². The standard InChI is InChI=1S/C16H24N2O/c1-2-3-10-18(13-8-9-13)12-14-11-17-15-6-4-5-7-16(15)19-14/h4-7,13-14,17H,2-3,8-12H2,1H3. The van der Waals surface area contributed by atoms with E-state index in [4.69, 9.17) is 4.74 Å². The lowest BCUT2D eigenvalue weighted by Gasteiger charge is -2.32. The van der Waals surface area contributed by atoms with Crippen molar-refractivity contribution in [2.24, 2.45) is 0 Å². The third-order valence-corrected chi connectivity index (χ3v) is 4.00. The van der Waals surface area contributed by atoms with Crippen LogP contribution in [-0.2, 0) is 0 Å². The fourth-order valence-corrected chi connectivity index (χ4v) is 2.75. The van der Waals surface area contributed by atoms with Gasteiger partial charge in [0.05, 0.1) is 12.2 Å². The summed E-state index contributed by atoms with van der Waals surface area (Å²) in [5, 5.41) is 3.48. The van der Waals surface area contributed by atoms with Crippen LogP contribution in [-0.4, -0.2) is 36.7 Å². The molecule has 1 heterocycles. The number of para-hydroxylation sites is 2. The molecule has 1 N–H and O–H groups in total. The zero-order valence-corrected chi connectivity index (χ0v) is 11.8. The number of unbranched alkanes of at least 4 members (excludes halogenated alkanes) is 1. The van der Waals surface area contributed by atoms with Crippen molar-refractivity contribution in [1.82, 2.24) is 4.90 Å². The molecule has 1 aliphatic carbocycles. The molecule has 19 heavy (non-hydrogen) atoms. The first kappa shape index (κ1) is 12.8. The zero-order chi connectivity index (χ0) is 13.1. The summed E-state index contributed by atoms with van der Waals surface area (Å²) in [6, 6.07) is 9.06. The Morgan fingerprint density at radius 3 is 2.95 bits per heavy atom. The monoisotopic (exact) mass is 260 g/mol. The van der Waals surface area contributed by atoms with Gasteiger partial charge in [-0.3, -0.25) is 4.90 Å². The molecule has 1 aromatic carbocycles. The molecular weight excluding hydrogens is 236 g/mol. The maximum Gasteiger partial charge on any atom is 0.142 e. The summed E-state index contributed by atoms with van der Waals surface area (Å²) >= 11 is 0. The molecule has 3 nitrogen and oxygen atoms in total. The Labute approximate surface area is 115 Å². The number of fused-ring (bicyclic) bond motifs is 1. The summed E-state index contributed by atoms with van der Waals surface area (Å²) < 4.78 is 6.12. The van der Waals surface area contributed by atoms with Crippen molar-refractivity contribution >= 4 is 5.69 Å². The van der Waals surface area contributed by atoms with Crippen LogP contribution < -0.4 is 10.1 Å². The van der Waals surface area contributed by atoms with Crippen LogP contribution in [0.15, 0.2) is 24.3 Å². The molecule has 104 valence electrons. The van der Waals surface area contributed by atoms with Crippen molar-refractivity contribution in [1.29, 1.82) is 0 Å². The van der Waals surface area contributed by atoms with E-state index < -0.39 is 0 Å². The number of ether oxygens (including phenoxy) is 1. The van der Waals surface area contributed by atoms with Gasteiger partial charge in [-0.1, -0.05) is 25.5 Å². The maximum absolute atomic E-state index is 6.12. The Balaban J connectivity index is 1.58.